The molecule has 1 saturated carbocycles. The molecular weight excluding hydrogens is 500 g/mol. The number of carbonyl (C=O) groups is 1. The van der Waals surface area contributed by atoms with Gasteiger partial charge in [-0.2, -0.15) is 0 Å². The van der Waals surface area contributed by atoms with E-state index in [4.69, 9.17) is 11.6 Å². The lowest BCUT2D eigenvalue weighted by molar-refractivity contribution is -0.136. The number of carboxylic acids is 1. The molecule has 0 radical (unpaired) electrons. The summed E-state index contributed by atoms with van der Waals surface area (Å²) in [5, 5.41) is 9.73. The highest BCUT2D eigenvalue weighted by molar-refractivity contribution is 8.01. The zero-order valence-electron chi connectivity index (χ0n) is 20.2. The molecule has 35 heavy (non-hydrogen) atoms. The van der Waals surface area contributed by atoms with Crippen LogP contribution < -0.4 is 4.90 Å². The number of benzene rings is 2. The Morgan fingerprint density at radius 2 is 1.86 bits per heavy atom. The molecule has 2 aromatic rings. The number of hydrogen-bond donors (Lipinski definition) is 1. The van der Waals surface area contributed by atoms with Crippen LogP contribution in [0.2, 0.25) is 5.02 Å². The summed E-state index contributed by atoms with van der Waals surface area (Å²) in [6.07, 6.45) is 6.70. The highest BCUT2D eigenvalue weighted by Gasteiger charge is 2.41. The van der Waals surface area contributed by atoms with Crippen LogP contribution in [0.1, 0.15) is 56.3 Å². The minimum atomic E-state index is -1.34. The van der Waals surface area contributed by atoms with Crippen LogP contribution in [0.15, 0.2) is 47.4 Å². The van der Waals surface area contributed by atoms with Crippen molar-refractivity contribution in [3.63, 3.8) is 0 Å². The van der Waals surface area contributed by atoms with Gasteiger partial charge in [-0.05, 0) is 60.9 Å². The molecule has 0 spiro atoms. The normalized spacial score (nSPS) is 30.1. The molecule has 5 rings (SSSR count). The lowest BCUT2D eigenvalue weighted by Crippen LogP contribution is -2.44. The van der Waals surface area contributed by atoms with Crippen molar-refractivity contribution in [1.82, 2.24) is 4.31 Å². The largest absolute Gasteiger partial charge is 0.480 e. The van der Waals surface area contributed by atoms with E-state index in [1.807, 2.05) is 37.4 Å². The minimum absolute atomic E-state index is 0.0289. The van der Waals surface area contributed by atoms with Crippen molar-refractivity contribution in [3.05, 3.63) is 53.1 Å². The van der Waals surface area contributed by atoms with Crippen molar-refractivity contribution in [2.45, 2.75) is 66.9 Å². The molecule has 1 saturated heterocycles. The predicted molar refractivity (Wildman–Crippen MR) is 145 cm³/mol. The Labute approximate surface area is 219 Å². The molecule has 2 aliphatic heterocycles. The fourth-order valence-corrected chi connectivity index (χ4v) is 9.31. The van der Waals surface area contributed by atoms with Crippen molar-refractivity contribution in [2.75, 3.05) is 18.5 Å². The van der Waals surface area contributed by atoms with Gasteiger partial charge in [0.25, 0.3) is 0 Å². The quantitative estimate of drug-likeness (QED) is 0.477. The monoisotopic (exact) mass is 532 g/mol. The summed E-state index contributed by atoms with van der Waals surface area (Å²) in [6, 6.07) is 14.4. The first-order valence-corrected chi connectivity index (χ1v) is 15.0. The molecule has 1 aliphatic carbocycles. The van der Waals surface area contributed by atoms with Gasteiger partial charge in [0.05, 0.1) is 10.6 Å². The van der Waals surface area contributed by atoms with Crippen LogP contribution in [-0.4, -0.2) is 44.5 Å². The number of likely N-dealkylation sites (N-methyl/N-ethyl adjacent to an activating group) is 1. The number of nitrogens with zero attached hydrogens (tertiary/aromatic N) is 2. The van der Waals surface area contributed by atoms with E-state index in [2.05, 4.69) is 28.3 Å². The Morgan fingerprint density at radius 1 is 1.14 bits per heavy atom. The van der Waals surface area contributed by atoms with Crippen molar-refractivity contribution in [2.24, 2.45) is 11.8 Å². The third-order valence-electron chi connectivity index (χ3n) is 7.91. The smallest absolute Gasteiger partial charge is 0.316 e. The summed E-state index contributed by atoms with van der Waals surface area (Å²) < 4.78 is 16.1. The van der Waals surface area contributed by atoms with Crippen molar-refractivity contribution >= 4 is 51.7 Å². The number of anilines is 2. The highest BCUT2D eigenvalue weighted by Crippen LogP contribution is 2.52. The molecule has 2 aromatic carbocycles. The topological polar surface area (TPSA) is 60.9 Å². The first-order chi connectivity index (χ1) is 16.8. The van der Waals surface area contributed by atoms with Crippen molar-refractivity contribution < 1.29 is 14.1 Å². The molecule has 2 heterocycles. The molecular formula is C27H33ClN2O3S2. The molecule has 188 valence electrons. The van der Waals surface area contributed by atoms with E-state index >= 15 is 0 Å². The van der Waals surface area contributed by atoms with Gasteiger partial charge in [0, 0.05) is 35.6 Å². The van der Waals surface area contributed by atoms with Crippen LogP contribution in [0.25, 0.3) is 0 Å². The molecule has 5 atom stereocenters. The molecule has 1 N–H and O–H groups in total. The van der Waals surface area contributed by atoms with Gasteiger partial charge in [0.2, 0.25) is 0 Å². The van der Waals surface area contributed by atoms with E-state index in [9.17, 15) is 14.1 Å². The van der Waals surface area contributed by atoms with E-state index in [0.29, 0.717) is 17.4 Å². The number of hydrogen-bond acceptors (Lipinski definition) is 4. The summed E-state index contributed by atoms with van der Waals surface area (Å²) in [4.78, 5) is 14.7. The van der Waals surface area contributed by atoms with E-state index in [-0.39, 0.29) is 17.2 Å². The second kappa shape index (κ2) is 10.4. The van der Waals surface area contributed by atoms with Gasteiger partial charge in [0.1, 0.15) is 16.2 Å². The number of rotatable bonds is 4. The number of fused-ring (bicyclic) bond motifs is 1. The van der Waals surface area contributed by atoms with Gasteiger partial charge in [0.15, 0.2) is 0 Å². The van der Waals surface area contributed by atoms with Crippen LogP contribution >= 0.6 is 23.4 Å². The average Bonchev–Trinajstić information content (AvgIpc) is 3.22. The van der Waals surface area contributed by atoms with Crippen LogP contribution in [-0.2, 0) is 15.8 Å². The molecule has 3 aliphatic rings. The van der Waals surface area contributed by atoms with Gasteiger partial charge in [-0.15, -0.1) is 11.8 Å². The Morgan fingerprint density at radius 3 is 2.51 bits per heavy atom. The summed E-state index contributed by atoms with van der Waals surface area (Å²) in [5.74, 6) is -0.0900. The standard InChI is InChI=1S/C27H33ClN2O3S2/c1-17-13-24(27(31)32)34-26(17)20-14-25-22(15-21(20)28)30(19-11-7-4-8-12-19)16-23(29(2)35(25)33)18-9-5-3-6-10-18/h4,7-8,11-12,14-15,17-18,23-24,26H,3,5-6,9-10,13,16H2,1-2H3,(H,31,32)/t17?,23-,24?,26?,35?/m0/s1. The fourth-order valence-electron chi connectivity index (χ4n) is 5.99. The molecule has 2 fully saturated rings. The summed E-state index contributed by atoms with van der Waals surface area (Å²) >= 11 is 8.37. The van der Waals surface area contributed by atoms with Gasteiger partial charge < -0.3 is 10.0 Å². The number of halogens is 1. The van der Waals surface area contributed by atoms with Crippen molar-refractivity contribution in [3.8, 4) is 0 Å². The lowest BCUT2D eigenvalue weighted by atomic mass is 9.83. The third-order valence-corrected chi connectivity index (χ3v) is 11.5. The van der Waals surface area contributed by atoms with Gasteiger partial charge >= 0.3 is 5.97 Å². The zero-order chi connectivity index (χ0) is 24.7. The summed E-state index contributed by atoms with van der Waals surface area (Å²) in [5.41, 5.74) is 2.86. The summed E-state index contributed by atoms with van der Waals surface area (Å²) in [6.45, 7) is 2.84. The second-order valence-electron chi connectivity index (χ2n) is 10.1. The van der Waals surface area contributed by atoms with Crippen LogP contribution in [0, 0.1) is 11.8 Å². The zero-order valence-corrected chi connectivity index (χ0v) is 22.6. The minimum Gasteiger partial charge on any atom is -0.480 e. The van der Waals surface area contributed by atoms with E-state index in [1.54, 1.807) is 0 Å². The average molecular weight is 533 g/mol. The molecule has 0 bridgehead atoms. The van der Waals surface area contributed by atoms with Crippen LogP contribution in [0.4, 0.5) is 11.4 Å². The molecule has 4 unspecified atom stereocenters. The third kappa shape index (κ3) is 4.89. The lowest BCUT2D eigenvalue weighted by Gasteiger charge is -2.36. The Balaban J connectivity index is 1.59. The number of carboxylic acid groups (broad SMARTS) is 1. The van der Waals surface area contributed by atoms with E-state index in [1.165, 1.54) is 43.9 Å². The Kier molecular flexibility index (Phi) is 7.50. The van der Waals surface area contributed by atoms with Crippen LogP contribution in [0.5, 0.6) is 0 Å². The first kappa shape index (κ1) is 25.1. The molecule has 8 heteroatoms. The summed E-state index contributed by atoms with van der Waals surface area (Å²) in [7, 11) is 0.652. The fraction of sp³-hybridized carbons (Fsp3) is 0.519. The van der Waals surface area contributed by atoms with Crippen LogP contribution in [0.3, 0.4) is 0 Å². The SMILES string of the molecule is CC1CC(C(=O)O)SC1c1cc2c(cc1Cl)N(c1ccccc1)C[C@@H](C1CCCCC1)N(C)S2=O. The molecule has 0 aromatic heterocycles. The van der Waals surface area contributed by atoms with E-state index in [0.717, 1.165) is 28.4 Å². The first-order valence-electron chi connectivity index (χ1n) is 12.5. The maximum Gasteiger partial charge on any atom is 0.316 e. The second-order valence-corrected chi connectivity index (χ2v) is 13.4. The predicted octanol–water partition coefficient (Wildman–Crippen LogP) is 6.66. The maximum atomic E-state index is 14.1. The number of para-hydroxylation sites is 1. The maximum absolute atomic E-state index is 14.1. The molecule has 5 nitrogen and oxygen atoms in total. The van der Waals surface area contributed by atoms with E-state index < -0.39 is 22.2 Å². The van der Waals surface area contributed by atoms with Gasteiger partial charge in [-0.1, -0.05) is 56.0 Å². The highest BCUT2D eigenvalue weighted by atomic mass is 35.5. The Hall–Kier alpha value is -1.54. The van der Waals surface area contributed by atoms with Gasteiger partial charge in [-0.3, -0.25) is 4.79 Å². The number of aliphatic carboxylic acids is 1. The molecule has 0 amide bonds. The number of thioether (sulfide) groups is 1. The Bertz CT molecular complexity index is 1110. The van der Waals surface area contributed by atoms with Crippen molar-refractivity contribution in [1.29, 1.82) is 0 Å². The van der Waals surface area contributed by atoms with Gasteiger partial charge in [-0.25, -0.2) is 8.51 Å².